The Balaban J connectivity index is 1.62. The zero-order chi connectivity index (χ0) is 20.1. The van der Waals surface area contributed by atoms with E-state index in [1.54, 1.807) is 0 Å². The average molecular weight is 395 g/mol. The molecule has 4 rings (SSSR count). The summed E-state index contributed by atoms with van der Waals surface area (Å²) in [6.07, 6.45) is 2.35. The Kier molecular flexibility index (Phi) is 6.47. The van der Waals surface area contributed by atoms with Gasteiger partial charge in [-0.3, -0.25) is 0 Å². The summed E-state index contributed by atoms with van der Waals surface area (Å²) in [5, 5.41) is 0. The van der Waals surface area contributed by atoms with Gasteiger partial charge in [0.2, 0.25) is 0 Å². The van der Waals surface area contributed by atoms with Crippen LogP contribution in [0.3, 0.4) is 0 Å². The van der Waals surface area contributed by atoms with Crippen LogP contribution in [-0.4, -0.2) is 49.0 Å². The van der Waals surface area contributed by atoms with E-state index in [0.29, 0.717) is 19.8 Å². The molecule has 2 saturated heterocycles. The molecule has 0 unspecified atom stereocenters. The van der Waals surface area contributed by atoms with Crippen LogP contribution < -0.4 is 0 Å². The number of nitrogens with zero attached hydrogens (tertiary/aromatic N) is 1. The highest BCUT2D eigenvalue weighted by Gasteiger charge is 2.45. The summed E-state index contributed by atoms with van der Waals surface area (Å²) in [6.45, 7) is 3.60. The van der Waals surface area contributed by atoms with Gasteiger partial charge in [-0.05, 0) is 37.3 Å². The first-order valence-electron chi connectivity index (χ1n) is 10.6. The molecule has 0 saturated carbocycles. The molecule has 5 heteroatoms. The number of hydrogen-bond donors (Lipinski definition) is 0. The molecule has 154 valence electrons. The Morgan fingerprint density at radius 1 is 1.07 bits per heavy atom. The third-order valence-corrected chi connectivity index (χ3v) is 5.65. The van der Waals surface area contributed by atoms with Gasteiger partial charge in [0.1, 0.15) is 18.3 Å². The predicted octanol–water partition coefficient (Wildman–Crippen LogP) is 4.57. The van der Waals surface area contributed by atoms with Gasteiger partial charge in [-0.25, -0.2) is 4.79 Å². The number of ether oxygens (including phenoxy) is 3. The predicted molar refractivity (Wildman–Crippen MR) is 111 cm³/mol. The third kappa shape index (κ3) is 4.80. The Morgan fingerprint density at radius 2 is 1.69 bits per heavy atom. The summed E-state index contributed by atoms with van der Waals surface area (Å²) in [4.78, 5) is 14.4. The van der Waals surface area contributed by atoms with Gasteiger partial charge in [0.15, 0.2) is 0 Å². The molecular weight excluding hydrogens is 366 g/mol. The number of likely N-dealkylation sites (tertiary alicyclic amines) is 1. The maximum absolute atomic E-state index is 12.6. The van der Waals surface area contributed by atoms with E-state index in [1.165, 1.54) is 0 Å². The molecule has 1 amide bonds. The van der Waals surface area contributed by atoms with E-state index >= 15 is 0 Å². The number of rotatable bonds is 7. The van der Waals surface area contributed by atoms with Crippen molar-refractivity contribution < 1.29 is 19.0 Å². The fourth-order valence-electron chi connectivity index (χ4n) is 4.17. The quantitative estimate of drug-likeness (QED) is 0.645. The van der Waals surface area contributed by atoms with Crippen LogP contribution in [0.15, 0.2) is 60.7 Å². The van der Waals surface area contributed by atoms with Crippen LogP contribution in [0.25, 0.3) is 0 Å². The van der Waals surface area contributed by atoms with Crippen molar-refractivity contribution in [1.82, 2.24) is 4.90 Å². The smallest absolute Gasteiger partial charge is 0.410 e. The minimum absolute atomic E-state index is 0.0185. The Labute approximate surface area is 172 Å². The highest BCUT2D eigenvalue weighted by atomic mass is 16.6. The van der Waals surface area contributed by atoms with E-state index in [2.05, 4.69) is 24.3 Å². The molecule has 2 aromatic carbocycles. The first-order valence-corrected chi connectivity index (χ1v) is 10.6. The lowest BCUT2D eigenvalue weighted by Gasteiger charge is -2.40. The summed E-state index contributed by atoms with van der Waals surface area (Å²) in [5.41, 5.74) is 2.20. The largest absolute Gasteiger partial charge is 0.450 e. The number of piperidine rings is 1. The summed E-state index contributed by atoms with van der Waals surface area (Å²) >= 11 is 0. The lowest BCUT2D eigenvalue weighted by Crippen LogP contribution is -2.52. The second-order valence-corrected chi connectivity index (χ2v) is 7.63. The minimum Gasteiger partial charge on any atom is -0.450 e. The number of epoxide rings is 1. The molecule has 0 radical (unpaired) electrons. The molecule has 0 aliphatic carbocycles. The Hall–Kier alpha value is -2.37. The molecule has 2 aromatic rings. The van der Waals surface area contributed by atoms with Gasteiger partial charge in [-0.1, -0.05) is 60.7 Å². The third-order valence-electron chi connectivity index (χ3n) is 5.65. The van der Waals surface area contributed by atoms with Gasteiger partial charge in [0.05, 0.1) is 19.3 Å². The second-order valence-electron chi connectivity index (χ2n) is 7.63. The zero-order valence-electron chi connectivity index (χ0n) is 16.9. The van der Waals surface area contributed by atoms with Gasteiger partial charge >= 0.3 is 6.09 Å². The molecule has 5 nitrogen and oxygen atoms in total. The minimum atomic E-state index is -0.248. The maximum Gasteiger partial charge on any atom is 0.410 e. The number of carbonyl (C=O) groups is 1. The molecule has 29 heavy (non-hydrogen) atoms. The van der Waals surface area contributed by atoms with Crippen molar-refractivity contribution in [3.05, 3.63) is 71.8 Å². The van der Waals surface area contributed by atoms with Crippen molar-refractivity contribution in [3.8, 4) is 0 Å². The number of benzene rings is 2. The lowest BCUT2D eigenvalue weighted by molar-refractivity contribution is -0.0645. The highest BCUT2D eigenvalue weighted by molar-refractivity contribution is 5.68. The average Bonchev–Trinajstić information content (AvgIpc) is 3.61. The molecule has 2 aliphatic rings. The van der Waals surface area contributed by atoms with Crippen molar-refractivity contribution in [2.24, 2.45) is 0 Å². The second kappa shape index (κ2) is 9.42. The number of hydrogen-bond acceptors (Lipinski definition) is 4. The summed E-state index contributed by atoms with van der Waals surface area (Å²) in [7, 11) is 0. The van der Waals surface area contributed by atoms with E-state index in [1.807, 2.05) is 48.2 Å². The van der Waals surface area contributed by atoms with E-state index < -0.39 is 0 Å². The first kappa shape index (κ1) is 19.9. The normalized spacial score (nSPS) is 22.3. The van der Waals surface area contributed by atoms with Crippen molar-refractivity contribution >= 4 is 6.09 Å². The van der Waals surface area contributed by atoms with Crippen LogP contribution >= 0.6 is 0 Å². The molecule has 3 atom stereocenters. The van der Waals surface area contributed by atoms with Gasteiger partial charge in [0, 0.05) is 6.54 Å². The molecular formula is C24H29NO4. The zero-order valence-corrected chi connectivity index (χ0v) is 16.9. The van der Waals surface area contributed by atoms with E-state index in [4.69, 9.17) is 14.2 Å². The van der Waals surface area contributed by atoms with E-state index in [0.717, 1.165) is 30.4 Å². The SMILES string of the molecule is CCOC(=O)N1CCCC[C@@H]1[C@H](OC(c1ccccc1)c1ccccc1)[C@@H]1CO1. The van der Waals surface area contributed by atoms with Crippen LogP contribution in [0, 0.1) is 0 Å². The topological polar surface area (TPSA) is 51.3 Å². The van der Waals surface area contributed by atoms with E-state index in [9.17, 15) is 4.79 Å². The summed E-state index contributed by atoms with van der Waals surface area (Å²) < 4.78 is 17.8. The van der Waals surface area contributed by atoms with E-state index in [-0.39, 0.29) is 30.4 Å². The van der Waals surface area contributed by atoms with Crippen molar-refractivity contribution in [1.29, 1.82) is 0 Å². The first-order chi connectivity index (χ1) is 14.3. The summed E-state index contributed by atoms with van der Waals surface area (Å²) in [5.74, 6) is 0. The molecule has 2 aliphatic heterocycles. The lowest BCUT2D eigenvalue weighted by atomic mass is 9.94. The van der Waals surface area contributed by atoms with Crippen LogP contribution in [-0.2, 0) is 14.2 Å². The van der Waals surface area contributed by atoms with Crippen molar-refractivity contribution in [2.75, 3.05) is 19.8 Å². The highest BCUT2D eigenvalue weighted by Crippen LogP contribution is 2.35. The molecule has 0 aromatic heterocycles. The van der Waals surface area contributed by atoms with Crippen LogP contribution in [0.5, 0.6) is 0 Å². The van der Waals surface area contributed by atoms with Gasteiger partial charge in [0.25, 0.3) is 0 Å². The summed E-state index contributed by atoms with van der Waals surface area (Å²) in [6, 6.07) is 20.5. The Bertz CT molecular complexity index is 738. The number of amides is 1. The Morgan fingerprint density at radius 3 is 2.24 bits per heavy atom. The monoisotopic (exact) mass is 395 g/mol. The standard InChI is InChI=1S/C24H29NO4/c1-2-27-24(26)25-16-10-9-15-20(25)23(21-17-28-21)29-22(18-11-5-3-6-12-18)19-13-7-4-8-14-19/h3-8,11-14,20-23H,2,9-10,15-17H2,1H3/t20-,21+,23+/m1/s1. The molecule has 0 N–H and O–H groups in total. The molecule has 2 fully saturated rings. The van der Waals surface area contributed by atoms with Crippen LogP contribution in [0.4, 0.5) is 4.79 Å². The van der Waals surface area contributed by atoms with Crippen molar-refractivity contribution in [3.63, 3.8) is 0 Å². The molecule has 0 bridgehead atoms. The van der Waals surface area contributed by atoms with Gasteiger partial charge < -0.3 is 19.1 Å². The van der Waals surface area contributed by atoms with Gasteiger partial charge in [-0.2, -0.15) is 0 Å². The fraction of sp³-hybridized carbons (Fsp3) is 0.458. The van der Waals surface area contributed by atoms with Crippen molar-refractivity contribution in [2.45, 2.75) is 50.5 Å². The van der Waals surface area contributed by atoms with Gasteiger partial charge in [-0.15, -0.1) is 0 Å². The number of carbonyl (C=O) groups excluding carboxylic acids is 1. The maximum atomic E-state index is 12.6. The van der Waals surface area contributed by atoms with Crippen LogP contribution in [0.2, 0.25) is 0 Å². The molecule has 0 spiro atoms. The fourth-order valence-corrected chi connectivity index (χ4v) is 4.17. The molecule has 2 heterocycles. The van der Waals surface area contributed by atoms with Crippen LogP contribution in [0.1, 0.15) is 43.4 Å².